The van der Waals surface area contributed by atoms with Gasteiger partial charge in [0.05, 0.1) is 23.5 Å². The predicted molar refractivity (Wildman–Crippen MR) is 109 cm³/mol. The normalized spacial score (nSPS) is 11.1. The molecule has 4 N–H and O–H groups in total. The molecule has 0 bridgehead atoms. The molecule has 12 heteroatoms. The summed E-state index contributed by atoms with van der Waals surface area (Å²) in [5.41, 5.74) is 11.3. The first-order chi connectivity index (χ1) is 15.3. The van der Waals surface area contributed by atoms with Gasteiger partial charge in [0.1, 0.15) is 11.0 Å². The van der Waals surface area contributed by atoms with E-state index in [2.05, 4.69) is 10.2 Å². The van der Waals surface area contributed by atoms with E-state index in [1.807, 2.05) is 0 Å². The average molecular weight is 434 g/mol. The van der Waals surface area contributed by atoms with E-state index in [9.17, 15) is 19.2 Å². The summed E-state index contributed by atoms with van der Waals surface area (Å²) in [6.45, 7) is 0. The van der Waals surface area contributed by atoms with Crippen LogP contribution in [0.15, 0.2) is 60.9 Å². The first kappa shape index (κ1) is 20.3. The van der Waals surface area contributed by atoms with Crippen LogP contribution in [0.25, 0.3) is 21.8 Å². The fourth-order valence-corrected chi connectivity index (χ4v) is 3.01. The molecule has 2 aromatic heterocycles. The van der Waals surface area contributed by atoms with E-state index >= 15 is 0 Å². The maximum absolute atomic E-state index is 12.1. The first-order valence-corrected chi connectivity index (χ1v) is 9.01. The number of aromatic nitrogens is 4. The highest BCUT2D eigenvalue weighted by Crippen LogP contribution is 2.18. The molecule has 0 radical (unpaired) electrons. The number of rotatable bonds is 6. The highest BCUT2D eigenvalue weighted by molar-refractivity contribution is 6.05. The average Bonchev–Trinajstić information content (AvgIpc) is 3.36. The van der Waals surface area contributed by atoms with Gasteiger partial charge in [-0.2, -0.15) is 0 Å². The molecule has 2 aromatic carbocycles. The second-order valence-electron chi connectivity index (χ2n) is 6.40. The van der Waals surface area contributed by atoms with Crippen molar-refractivity contribution in [3.05, 3.63) is 72.1 Å². The molecular formula is C20H14N6O6. The Kier molecular flexibility index (Phi) is 5.09. The summed E-state index contributed by atoms with van der Waals surface area (Å²) in [7, 11) is 0. The Morgan fingerprint density at radius 2 is 1.12 bits per heavy atom. The monoisotopic (exact) mass is 434 g/mol. The lowest BCUT2D eigenvalue weighted by molar-refractivity contribution is -0.142. The Balaban J connectivity index is 1.50. The molecule has 0 atom stereocenters. The topological polar surface area (TPSA) is 174 Å². The molecule has 0 saturated carbocycles. The van der Waals surface area contributed by atoms with Crippen LogP contribution in [-0.2, 0) is 9.59 Å². The van der Waals surface area contributed by atoms with Gasteiger partial charge in [0, 0.05) is 22.9 Å². The molecule has 2 heterocycles. The van der Waals surface area contributed by atoms with Gasteiger partial charge in [-0.05, 0) is 12.1 Å². The highest BCUT2D eigenvalue weighted by atomic mass is 16.7. The van der Waals surface area contributed by atoms with Crippen LogP contribution < -0.4 is 21.1 Å². The predicted octanol–water partition coefficient (Wildman–Crippen LogP) is -0.249. The van der Waals surface area contributed by atoms with Crippen LogP contribution in [0, 0.1) is 0 Å². The second-order valence-corrected chi connectivity index (χ2v) is 6.40. The van der Waals surface area contributed by atoms with Crippen molar-refractivity contribution in [1.29, 1.82) is 0 Å². The molecule has 32 heavy (non-hydrogen) atoms. The van der Waals surface area contributed by atoms with Gasteiger partial charge in [-0.25, -0.2) is 9.59 Å². The summed E-state index contributed by atoms with van der Waals surface area (Å²) in [5.74, 6) is -3.41. The van der Waals surface area contributed by atoms with Gasteiger partial charge in [-0.3, -0.25) is 9.59 Å². The SMILES string of the molecule is NC(=O)c1cccc2cnn(OC(=O)/C=C/C(=O)On3ncc4cccc(C(N)=O)c43)c12. The molecule has 2 amide bonds. The Morgan fingerprint density at radius 3 is 1.50 bits per heavy atom. The molecule has 4 rings (SSSR count). The van der Waals surface area contributed by atoms with Crippen molar-refractivity contribution in [2.75, 3.05) is 0 Å². The molecule has 0 aliphatic carbocycles. The minimum Gasteiger partial charge on any atom is -0.366 e. The molecule has 0 spiro atoms. The van der Waals surface area contributed by atoms with E-state index in [1.54, 1.807) is 24.3 Å². The number of carbonyl (C=O) groups excluding carboxylic acids is 4. The minimum absolute atomic E-state index is 0.104. The summed E-state index contributed by atoms with van der Waals surface area (Å²) in [6, 6.07) is 9.43. The number of benzene rings is 2. The van der Waals surface area contributed by atoms with E-state index in [-0.39, 0.29) is 22.2 Å². The fourth-order valence-electron chi connectivity index (χ4n) is 3.01. The van der Waals surface area contributed by atoms with Crippen LogP contribution in [0.5, 0.6) is 0 Å². The lowest BCUT2D eigenvalue weighted by atomic mass is 10.1. The number of hydrogen-bond acceptors (Lipinski definition) is 8. The third-order valence-corrected chi connectivity index (χ3v) is 4.36. The Bertz CT molecular complexity index is 1330. The first-order valence-electron chi connectivity index (χ1n) is 9.01. The maximum Gasteiger partial charge on any atom is 0.358 e. The van der Waals surface area contributed by atoms with Crippen LogP contribution in [0.4, 0.5) is 0 Å². The Morgan fingerprint density at radius 1 is 0.719 bits per heavy atom. The van der Waals surface area contributed by atoms with Crippen LogP contribution in [0.1, 0.15) is 20.7 Å². The highest BCUT2D eigenvalue weighted by Gasteiger charge is 2.16. The van der Waals surface area contributed by atoms with Gasteiger partial charge < -0.3 is 21.1 Å². The number of para-hydroxylation sites is 2. The van der Waals surface area contributed by atoms with Crippen molar-refractivity contribution >= 4 is 45.6 Å². The maximum atomic E-state index is 12.1. The summed E-state index contributed by atoms with van der Waals surface area (Å²) in [6.07, 6.45) is 4.35. The molecule has 0 saturated heterocycles. The fraction of sp³-hybridized carbons (Fsp3) is 0. The lowest BCUT2D eigenvalue weighted by Crippen LogP contribution is -2.23. The van der Waals surface area contributed by atoms with Crippen LogP contribution in [0.2, 0.25) is 0 Å². The van der Waals surface area contributed by atoms with Gasteiger partial charge in [0.25, 0.3) is 11.8 Å². The number of hydrogen-bond donors (Lipinski definition) is 2. The third kappa shape index (κ3) is 3.75. The van der Waals surface area contributed by atoms with Crippen molar-refractivity contribution in [1.82, 2.24) is 19.9 Å². The molecule has 0 unspecified atom stereocenters. The van der Waals surface area contributed by atoms with Crippen molar-refractivity contribution in [2.24, 2.45) is 11.5 Å². The zero-order valence-corrected chi connectivity index (χ0v) is 16.2. The number of carbonyl (C=O) groups is 4. The van der Waals surface area contributed by atoms with E-state index in [4.69, 9.17) is 21.1 Å². The van der Waals surface area contributed by atoms with Gasteiger partial charge in [0.15, 0.2) is 0 Å². The van der Waals surface area contributed by atoms with Gasteiger partial charge >= 0.3 is 11.9 Å². The molecule has 4 aromatic rings. The number of fused-ring (bicyclic) bond motifs is 2. The van der Waals surface area contributed by atoms with Crippen molar-refractivity contribution in [3.63, 3.8) is 0 Å². The van der Waals surface area contributed by atoms with Gasteiger partial charge in [-0.1, -0.05) is 34.0 Å². The third-order valence-electron chi connectivity index (χ3n) is 4.36. The number of amides is 2. The summed E-state index contributed by atoms with van der Waals surface area (Å²) in [5, 5.41) is 8.81. The molecule has 12 nitrogen and oxygen atoms in total. The zero-order chi connectivity index (χ0) is 22.8. The van der Waals surface area contributed by atoms with Crippen molar-refractivity contribution < 1.29 is 28.9 Å². The Hall–Kier alpha value is -5.00. The standard InChI is InChI=1S/C20H14N6O6/c21-19(29)13-5-1-3-11-9-23-25(17(11)13)31-15(27)7-8-16(28)32-26-18-12(10-24-26)4-2-6-14(18)20(22)30/h1-10H,(H2,21,29)(H2,22,30)/b8-7+. The summed E-state index contributed by atoms with van der Waals surface area (Å²) in [4.78, 5) is 59.2. The van der Waals surface area contributed by atoms with E-state index in [0.29, 0.717) is 10.8 Å². The minimum atomic E-state index is -0.977. The van der Waals surface area contributed by atoms with Gasteiger partial charge in [0.2, 0.25) is 0 Å². The number of primary amides is 2. The van der Waals surface area contributed by atoms with E-state index in [0.717, 1.165) is 21.8 Å². The smallest absolute Gasteiger partial charge is 0.358 e. The van der Waals surface area contributed by atoms with Crippen LogP contribution >= 0.6 is 0 Å². The Labute approximate surface area is 178 Å². The lowest BCUT2D eigenvalue weighted by Gasteiger charge is -2.05. The molecular weight excluding hydrogens is 420 g/mol. The number of nitrogens with zero attached hydrogens (tertiary/aromatic N) is 4. The largest absolute Gasteiger partial charge is 0.366 e. The van der Waals surface area contributed by atoms with Crippen LogP contribution in [0.3, 0.4) is 0 Å². The van der Waals surface area contributed by atoms with Gasteiger partial charge in [-0.15, -0.1) is 10.2 Å². The zero-order valence-electron chi connectivity index (χ0n) is 16.2. The quantitative estimate of drug-likeness (QED) is 0.391. The molecule has 0 aliphatic heterocycles. The number of nitrogens with two attached hydrogens (primary N) is 2. The molecule has 0 fully saturated rings. The summed E-state index contributed by atoms with van der Waals surface area (Å²) < 4.78 is 0. The molecule has 0 aliphatic rings. The van der Waals surface area contributed by atoms with E-state index in [1.165, 1.54) is 24.5 Å². The summed E-state index contributed by atoms with van der Waals surface area (Å²) >= 11 is 0. The molecule has 160 valence electrons. The van der Waals surface area contributed by atoms with E-state index < -0.39 is 23.8 Å². The van der Waals surface area contributed by atoms with Crippen molar-refractivity contribution in [3.8, 4) is 0 Å². The second kappa shape index (κ2) is 8.02. The van der Waals surface area contributed by atoms with Crippen LogP contribution in [-0.4, -0.2) is 43.6 Å². The van der Waals surface area contributed by atoms with Crippen molar-refractivity contribution in [2.45, 2.75) is 0 Å².